The van der Waals surface area contributed by atoms with E-state index in [9.17, 15) is 4.79 Å². The molecule has 3 fully saturated rings. The van der Waals surface area contributed by atoms with Gasteiger partial charge in [-0.25, -0.2) is 14.8 Å². The number of nitrogens with one attached hydrogen (secondary N) is 2. The van der Waals surface area contributed by atoms with Gasteiger partial charge in [-0.05, 0) is 62.0 Å². The Morgan fingerprint density at radius 2 is 1.93 bits per heavy atom. The number of imidazole rings is 1. The number of aromatic amines is 1. The van der Waals surface area contributed by atoms with Crippen LogP contribution >= 0.6 is 11.6 Å². The summed E-state index contributed by atoms with van der Waals surface area (Å²) in [7, 11) is 0. The number of rotatable bonds is 8. The number of anilines is 2. The molecule has 2 N–H and O–H groups in total. The first kappa shape index (κ1) is 28.3. The Morgan fingerprint density at radius 1 is 1.12 bits per heavy atom. The van der Waals surface area contributed by atoms with Gasteiger partial charge in [-0.1, -0.05) is 61.1 Å². The Hall–Kier alpha value is -3.44. The SMILES string of the molecule is CC1CCC(Cn2c(N3CCOCC3c3ccccc3Cl)nc3nc(-c4noc(=O)[nH]4)nc(N[C@H](C)C4CCC4)c32)CC1. The summed E-state index contributed by atoms with van der Waals surface area (Å²) in [6, 6.07) is 8.07. The summed E-state index contributed by atoms with van der Waals surface area (Å²) >= 11 is 6.73. The lowest BCUT2D eigenvalue weighted by Gasteiger charge is -2.38. The maximum absolute atomic E-state index is 11.8. The molecule has 0 radical (unpaired) electrons. The van der Waals surface area contributed by atoms with Crippen molar-refractivity contribution in [3.05, 3.63) is 45.4 Å². The maximum Gasteiger partial charge on any atom is 0.439 e. The molecule has 12 heteroatoms. The molecule has 228 valence electrons. The number of fused-ring (bicyclic) bond motifs is 1. The zero-order valence-electron chi connectivity index (χ0n) is 24.8. The molecule has 2 aliphatic carbocycles. The van der Waals surface area contributed by atoms with Crippen LogP contribution in [0.2, 0.25) is 5.02 Å². The molecule has 1 aliphatic heterocycles. The van der Waals surface area contributed by atoms with Crippen molar-refractivity contribution in [3.63, 3.8) is 0 Å². The van der Waals surface area contributed by atoms with Gasteiger partial charge in [-0.3, -0.25) is 9.51 Å². The molecular weight excluding hydrogens is 568 g/mol. The topological polar surface area (TPSA) is 127 Å². The van der Waals surface area contributed by atoms with Crippen molar-refractivity contribution in [1.29, 1.82) is 0 Å². The second-order valence-corrected chi connectivity index (χ2v) is 13.0. The summed E-state index contributed by atoms with van der Waals surface area (Å²) in [6.45, 7) is 7.15. The minimum atomic E-state index is -0.648. The molecule has 7 rings (SSSR count). The molecule has 4 aromatic rings. The van der Waals surface area contributed by atoms with Crippen LogP contribution in [0.1, 0.15) is 70.4 Å². The fraction of sp³-hybridized carbons (Fsp3) is 0.581. The number of hydrogen-bond acceptors (Lipinski definition) is 9. The van der Waals surface area contributed by atoms with Gasteiger partial charge >= 0.3 is 5.76 Å². The zero-order chi connectivity index (χ0) is 29.5. The quantitative estimate of drug-likeness (QED) is 0.255. The van der Waals surface area contributed by atoms with Crippen LogP contribution in [0.3, 0.4) is 0 Å². The molecular formula is C31H39ClN8O3. The number of hydrogen-bond donors (Lipinski definition) is 2. The fourth-order valence-corrected chi connectivity index (χ4v) is 7.10. The minimum absolute atomic E-state index is 0.103. The lowest BCUT2D eigenvalue weighted by Crippen LogP contribution is -2.41. The van der Waals surface area contributed by atoms with Gasteiger partial charge < -0.3 is 19.5 Å². The van der Waals surface area contributed by atoms with Gasteiger partial charge in [0.1, 0.15) is 5.52 Å². The summed E-state index contributed by atoms with van der Waals surface area (Å²) < 4.78 is 13.1. The highest BCUT2D eigenvalue weighted by Gasteiger charge is 2.34. The first-order valence-corrected chi connectivity index (χ1v) is 16.0. The predicted molar refractivity (Wildman–Crippen MR) is 165 cm³/mol. The first-order valence-electron chi connectivity index (χ1n) is 15.6. The Bertz CT molecular complexity index is 1640. The third-order valence-electron chi connectivity index (χ3n) is 9.68. The second kappa shape index (κ2) is 11.9. The highest BCUT2D eigenvalue weighted by Crippen LogP contribution is 2.39. The van der Waals surface area contributed by atoms with E-state index in [-0.39, 0.29) is 23.7 Å². The summed E-state index contributed by atoms with van der Waals surface area (Å²) in [4.78, 5) is 31.7. The van der Waals surface area contributed by atoms with Crippen molar-refractivity contribution >= 4 is 34.5 Å². The van der Waals surface area contributed by atoms with Crippen LogP contribution in [0.25, 0.3) is 22.8 Å². The van der Waals surface area contributed by atoms with Gasteiger partial charge in [0.2, 0.25) is 17.6 Å². The molecule has 0 spiro atoms. The van der Waals surface area contributed by atoms with Crippen molar-refractivity contribution in [2.75, 3.05) is 30.0 Å². The van der Waals surface area contributed by atoms with Crippen LogP contribution in [0.15, 0.2) is 33.6 Å². The van der Waals surface area contributed by atoms with E-state index in [0.717, 1.165) is 29.5 Å². The zero-order valence-corrected chi connectivity index (χ0v) is 25.5. The average molecular weight is 607 g/mol. The third kappa shape index (κ3) is 5.64. The molecule has 43 heavy (non-hydrogen) atoms. The van der Waals surface area contributed by atoms with Crippen molar-refractivity contribution in [3.8, 4) is 11.6 Å². The molecule has 1 saturated heterocycles. The van der Waals surface area contributed by atoms with E-state index >= 15 is 0 Å². The minimum Gasteiger partial charge on any atom is -0.377 e. The summed E-state index contributed by atoms with van der Waals surface area (Å²) in [5, 5.41) is 8.32. The Morgan fingerprint density at radius 3 is 2.65 bits per heavy atom. The van der Waals surface area contributed by atoms with E-state index in [1.54, 1.807) is 0 Å². The van der Waals surface area contributed by atoms with E-state index in [0.29, 0.717) is 48.1 Å². The molecule has 2 atom stereocenters. The van der Waals surface area contributed by atoms with Crippen molar-refractivity contribution in [1.82, 2.24) is 29.7 Å². The number of H-pyrrole nitrogens is 1. The largest absolute Gasteiger partial charge is 0.439 e. The smallest absolute Gasteiger partial charge is 0.377 e. The summed E-state index contributed by atoms with van der Waals surface area (Å²) in [5.74, 6) is 3.21. The average Bonchev–Trinajstić information content (AvgIpc) is 3.57. The first-order chi connectivity index (χ1) is 20.9. The lowest BCUT2D eigenvalue weighted by atomic mass is 9.80. The molecule has 3 aliphatic rings. The van der Waals surface area contributed by atoms with Gasteiger partial charge in [-0.15, -0.1) is 0 Å². The highest BCUT2D eigenvalue weighted by molar-refractivity contribution is 6.31. The molecule has 3 aromatic heterocycles. The number of aromatic nitrogens is 6. The summed E-state index contributed by atoms with van der Waals surface area (Å²) in [6.07, 6.45) is 8.47. The van der Waals surface area contributed by atoms with Crippen LogP contribution in [0.4, 0.5) is 11.8 Å². The number of ether oxygens (including phenoxy) is 1. The van der Waals surface area contributed by atoms with Gasteiger partial charge in [0, 0.05) is 24.2 Å². The van der Waals surface area contributed by atoms with Crippen LogP contribution in [0.5, 0.6) is 0 Å². The number of halogens is 1. The van der Waals surface area contributed by atoms with E-state index in [1.165, 1.54) is 44.9 Å². The van der Waals surface area contributed by atoms with Crippen LogP contribution in [0, 0.1) is 17.8 Å². The van der Waals surface area contributed by atoms with E-state index in [1.807, 2.05) is 18.2 Å². The molecule has 1 unspecified atom stereocenters. The van der Waals surface area contributed by atoms with Crippen LogP contribution in [-0.4, -0.2) is 55.5 Å². The molecule has 0 bridgehead atoms. The Kier molecular flexibility index (Phi) is 7.85. The third-order valence-corrected chi connectivity index (χ3v) is 10.0. The number of benzene rings is 1. The normalized spacial score (nSPS) is 23.8. The number of morpholine rings is 1. The van der Waals surface area contributed by atoms with E-state index in [2.05, 4.69) is 44.8 Å². The van der Waals surface area contributed by atoms with E-state index < -0.39 is 5.76 Å². The summed E-state index contributed by atoms with van der Waals surface area (Å²) in [5.41, 5.74) is 2.44. The highest BCUT2D eigenvalue weighted by atomic mass is 35.5. The number of nitrogens with zero attached hydrogens (tertiary/aromatic N) is 6. The van der Waals surface area contributed by atoms with Crippen molar-refractivity contribution < 1.29 is 9.26 Å². The molecule has 2 saturated carbocycles. The Labute approximate surface area is 255 Å². The lowest BCUT2D eigenvalue weighted by molar-refractivity contribution is 0.0927. The maximum atomic E-state index is 11.8. The predicted octanol–water partition coefficient (Wildman–Crippen LogP) is 5.83. The van der Waals surface area contributed by atoms with Gasteiger partial charge in [0.05, 0.1) is 19.3 Å². The monoisotopic (exact) mass is 606 g/mol. The van der Waals surface area contributed by atoms with E-state index in [4.69, 9.17) is 35.8 Å². The molecule has 1 aromatic carbocycles. The van der Waals surface area contributed by atoms with Crippen molar-refractivity contribution in [2.45, 2.75) is 77.4 Å². The van der Waals surface area contributed by atoms with Gasteiger partial charge in [0.15, 0.2) is 11.5 Å². The van der Waals surface area contributed by atoms with Crippen molar-refractivity contribution in [2.24, 2.45) is 17.8 Å². The molecule has 11 nitrogen and oxygen atoms in total. The molecule has 4 heterocycles. The van der Waals surface area contributed by atoms with Crippen LogP contribution < -0.4 is 16.0 Å². The molecule has 0 amide bonds. The van der Waals surface area contributed by atoms with Gasteiger partial charge in [-0.2, -0.15) is 4.98 Å². The van der Waals surface area contributed by atoms with Crippen LogP contribution in [-0.2, 0) is 11.3 Å². The standard InChI is InChI=1S/C31H39ClN8O3/c1-18-10-12-20(13-11-18)16-40-25-26(33-19(2)21-6-5-7-21)34-28(29-37-31(41)43-38-29)35-27(25)36-30(40)39-14-15-42-17-24(39)22-8-3-4-9-23(22)32/h3-4,8-9,18-21,24H,5-7,10-17H2,1-2H3,(H,33,34,35)(H,37,38,41)/t18?,19-,20?,24?/m1/s1. The second-order valence-electron chi connectivity index (χ2n) is 12.6. The van der Waals surface area contributed by atoms with Gasteiger partial charge in [0.25, 0.3) is 0 Å². The Balaban J connectivity index is 1.39. The fourth-order valence-electron chi connectivity index (χ4n) is 6.84.